The molecular formula is C9H12O5. The second-order valence-corrected chi connectivity index (χ2v) is 3.50. The second-order valence-electron chi connectivity index (χ2n) is 3.50. The summed E-state index contributed by atoms with van der Waals surface area (Å²) in [5.41, 5.74) is -1.34. The Morgan fingerprint density at radius 3 is 2.43 bits per heavy atom. The van der Waals surface area contributed by atoms with Gasteiger partial charge < -0.3 is 15.3 Å². The average molecular weight is 200 g/mol. The van der Waals surface area contributed by atoms with Gasteiger partial charge >= 0.3 is 11.9 Å². The minimum absolute atomic E-state index is 0.159. The molecule has 78 valence electrons. The van der Waals surface area contributed by atoms with Crippen molar-refractivity contribution in [2.24, 2.45) is 5.41 Å². The van der Waals surface area contributed by atoms with E-state index in [1.165, 1.54) is 12.2 Å². The van der Waals surface area contributed by atoms with Crippen molar-refractivity contribution in [3.8, 4) is 0 Å². The number of rotatable bonds is 3. The van der Waals surface area contributed by atoms with Gasteiger partial charge in [-0.05, 0) is 12.8 Å². The van der Waals surface area contributed by atoms with Gasteiger partial charge in [0.25, 0.3) is 0 Å². The van der Waals surface area contributed by atoms with Gasteiger partial charge in [-0.1, -0.05) is 12.2 Å². The Morgan fingerprint density at radius 1 is 1.43 bits per heavy atom. The SMILES string of the molecule is O=C(O)CC1(C(=O)O)C=CC(O)CC1. The number of hydrogen-bond acceptors (Lipinski definition) is 3. The molecule has 0 aromatic heterocycles. The van der Waals surface area contributed by atoms with Crippen LogP contribution in [0.15, 0.2) is 12.2 Å². The fraction of sp³-hybridized carbons (Fsp3) is 0.556. The summed E-state index contributed by atoms with van der Waals surface area (Å²) in [4.78, 5) is 21.4. The molecule has 5 heteroatoms. The fourth-order valence-corrected chi connectivity index (χ4v) is 1.55. The maximum Gasteiger partial charge on any atom is 0.314 e. The number of carboxylic acid groups (broad SMARTS) is 2. The van der Waals surface area contributed by atoms with Crippen molar-refractivity contribution in [1.29, 1.82) is 0 Å². The third kappa shape index (κ3) is 2.11. The molecule has 2 unspecified atom stereocenters. The maximum absolute atomic E-state index is 10.9. The van der Waals surface area contributed by atoms with Crippen molar-refractivity contribution in [3.05, 3.63) is 12.2 Å². The molecule has 0 aromatic rings. The Bertz CT molecular complexity index is 283. The molecule has 14 heavy (non-hydrogen) atoms. The van der Waals surface area contributed by atoms with Crippen LogP contribution in [-0.2, 0) is 9.59 Å². The third-order valence-electron chi connectivity index (χ3n) is 2.42. The minimum atomic E-state index is -1.34. The number of aliphatic hydroxyl groups is 1. The summed E-state index contributed by atoms with van der Waals surface area (Å²) < 4.78 is 0. The van der Waals surface area contributed by atoms with Gasteiger partial charge in [-0.2, -0.15) is 0 Å². The quantitative estimate of drug-likeness (QED) is 0.567. The molecule has 5 nitrogen and oxygen atoms in total. The number of aliphatic carboxylic acids is 2. The summed E-state index contributed by atoms with van der Waals surface area (Å²) in [5.74, 6) is -2.29. The highest BCUT2D eigenvalue weighted by Gasteiger charge is 2.40. The molecular weight excluding hydrogens is 188 g/mol. The van der Waals surface area contributed by atoms with Crippen molar-refractivity contribution in [2.75, 3.05) is 0 Å². The number of carboxylic acids is 2. The first-order chi connectivity index (χ1) is 6.46. The highest BCUT2D eigenvalue weighted by molar-refractivity contribution is 5.83. The molecule has 0 aliphatic heterocycles. The van der Waals surface area contributed by atoms with Gasteiger partial charge in [0, 0.05) is 0 Å². The van der Waals surface area contributed by atoms with Crippen molar-refractivity contribution < 1.29 is 24.9 Å². The summed E-state index contributed by atoms with van der Waals surface area (Å²) in [6.07, 6.45) is 1.99. The lowest BCUT2D eigenvalue weighted by Gasteiger charge is -2.28. The monoisotopic (exact) mass is 200 g/mol. The molecule has 1 aliphatic carbocycles. The smallest absolute Gasteiger partial charge is 0.314 e. The van der Waals surface area contributed by atoms with E-state index in [1.54, 1.807) is 0 Å². The molecule has 0 heterocycles. The number of aliphatic hydroxyl groups excluding tert-OH is 1. The van der Waals surface area contributed by atoms with E-state index in [-0.39, 0.29) is 12.8 Å². The second kappa shape index (κ2) is 3.79. The molecule has 0 bridgehead atoms. The van der Waals surface area contributed by atoms with Crippen molar-refractivity contribution >= 4 is 11.9 Å². The first kappa shape index (κ1) is 10.7. The highest BCUT2D eigenvalue weighted by atomic mass is 16.4. The lowest BCUT2D eigenvalue weighted by Crippen LogP contribution is -2.35. The van der Waals surface area contributed by atoms with E-state index < -0.39 is 29.9 Å². The minimum Gasteiger partial charge on any atom is -0.481 e. The molecule has 1 rings (SSSR count). The van der Waals surface area contributed by atoms with Crippen LogP contribution in [0.1, 0.15) is 19.3 Å². The normalized spacial score (nSPS) is 31.4. The molecule has 0 saturated carbocycles. The van der Waals surface area contributed by atoms with E-state index in [2.05, 4.69) is 0 Å². The van der Waals surface area contributed by atoms with Crippen LogP contribution in [0.25, 0.3) is 0 Å². The Labute approximate surface area is 80.7 Å². The van der Waals surface area contributed by atoms with Gasteiger partial charge in [-0.15, -0.1) is 0 Å². The number of hydrogen-bond donors (Lipinski definition) is 3. The van der Waals surface area contributed by atoms with E-state index in [0.29, 0.717) is 0 Å². The lowest BCUT2D eigenvalue weighted by molar-refractivity contribution is -0.153. The predicted molar refractivity (Wildman–Crippen MR) is 46.7 cm³/mol. The van der Waals surface area contributed by atoms with Crippen LogP contribution in [0.5, 0.6) is 0 Å². The summed E-state index contributed by atoms with van der Waals surface area (Å²) in [6.45, 7) is 0. The molecule has 0 radical (unpaired) electrons. The summed E-state index contributed by atoms with van der Waals surface area (Å²) in [6, 6.07) is 0. The van der Waals surface area contributed by atoms with Gasteiger partial charge in [0.05, 0.1) is 17.9 Å². The number of carbonyl (C=O) groups is 2. The van der Waals surface area contributed by atoms with E-state index in [0.717, 1.165) is 0 Å². The lowest BCUT2D eigenvalue weighted by atomic mass is 9.76. The van der Waals surface area contributed by atoms with Crippen LogP contribution in [0.3, 0.4) is 0 Å². The molecule has 2 atom stereocenters. The first-order valence-corrected chi connectivity index (χ1v) is 4.29. The zero-order valence-electron chi connectivity index (χ0n) is 7.51. The van der Waals surface area contributed by atoms with Crippen molar-refractivity contribution in [3.63, 3.8) is 0 Å². The summed E-state index contributed by atoms with van der Waals surface area (Å²) in [5, 5.41) is 26.6. The Balaban J connectivity index is 2.89. The van der Waals surface area contributed by atoms with Gasteiger partial charge in [0.15, 0.2) is 0 Å². The van der Waals surface area contributed by atoms with E-state index >= 15 is 0 Å². The van der Waals surface area contributed by atoms with E-state index in [1.807, 2.05) is 0 Å². The predicted octanol–water partition coefficient (Wildman–Crippen LogP) is 0.243. The molecule has 1 aliphatic rings. The van der Waals surface area contributed by atoms with E-state index in [9.17, 15) is 9.59 Å². The fourth-order valence-electron chi connectivity index (χ4n) is 1.55. The largest absolute Gasteiger partial charge is 0.481 e. The molecule has 0 saturated heterocycles. The average Bonchev–Trinajstić information content (AvgIpc) is 2.08. The van der Waals surface area contributed by atoms with Crippen molar-refractivity contribution in [2.45, 2.75) is 25.4 Å². The Hall–Kier alpha value is -1.36. The zero-order valence-corrected chi connectivity index (χ0v) is 7.51. The zero-order chi connectivity index (χ0) is 10.8. The molecule has 0 fully saturated rings. The van der Waals surface area contributed by atoms with Gasteiger partial charge in [0.2, 0.25) is 0 Å². The Kier molecular flexibility index (Phi) is 2.90. The first-order valence-electron chi connectivity index (χ1n) is 4.29. The standard InChI is InChI=1S/C9H12O5/c10-6-1-3-9(4-2-6,8(13)14)5-7(11)12/h1,3,6,10H,2,4-5H2,(H,11,12)(H,13,14). The topological polar surface area (TPSA) is 94.8 Å². The van der Waals surface area contributed by atoms with Crippen LogP contribution < -0.4 is 0 Å². The van der Waals surface area contributed by atoms with Gasteiger partial charge in [0.1, 0.15) is 0 Å². The van der Waals surface area contributed by atoms with Crippen LogP contribution >= 0.6 is 0 Å². The molecule has 0 spiro atoms. The highest BCUT2D eigenvalue weighted by Crippen LogP contribution is 2.34. The molecule has 3 N–H and O–H groups in total. The van der Waals surface area contributed by atoms with Gasteiger partial charge in [-0.25, -0.2) is 0 Å². The summed E-state index contributed by atoms with van der Waals surface area (Å²) >= 11 is 0. The molecule has 0 aromatic carbocycles. The van der Waals surface area contributed by atoms with Crippen molar-refractivity contribution in [1.82, 2.24) is 0 Å². The van der Waals surface area contributed by atoms with E-state index in [4.69, 9.17) is 15.3 Å². The van der Waals surface area contributed by atoms with Crippen LogP contribution in [-0.4, -0.2) is 33.4 Å². The summed E-state index contributed by atoms with van der Waals surface area (Å²) in [7, 11) is 0. The third-order valence-corrected chi connectivity index (χ3v) is 2.42. The van der Waals surface area contributed by atoms with Crippen LogP contribution in [0.2, 0.25) is 0 Å². The van der Waals surface area contributed by atoms with Gasteiger partial charge in [-0.3, -0.25) is 9.59 Å². The Morgan fingerprint density at radius 2 is 2.07 bits per heavy atom. The maximum atomic E-state index is 10.9. The van der Waals surface area contributed by atoms with Crippen LogP contribution in [0, 0.1) is 5.41 Å². The van der Waals surface area contributed by atoms with Crippen LogP contribution in [0.4, 0.5) is 0 Å². The molecule has 0 amide bonds.